The summed E-state index contributed by atoms with van der Waals surface area (Å²) in [7, 11) is 0. The fraction of sp³-hybridized carbons (Fsp3) is 0.103. The van der Waals surface area contributed by atoms with Crippen LogP contribution in [0.5, 0.6) is 0 Å². The van der Waals surface area contributed by atoms with Crippen molar-refractivity contribution in [3.63, 3.8) is 0 Å². The van der Waals surface area contributed by atoms with Gasteiger partial charge in [0.15, 0.2) is 0 Å². The molecule has 0 radical (unpaired) electrons. The van der Waals surface area contributed by atoms with Gasteiger partial charge in [-0.1, -0.05) is 54.6 Å². The summed E-state index contributed by atoms with van der Waals surface area (Å²) in [6, 6.07) is 26.4. The lowest BCUT2D eigenvalue weighted by molar-refractivity contribution is -0.127. The smallest absolute Gasteiger partial charge is 0.294 e. The van der Waals surface area contributed by atoms with Gasteiger partial charge in [0.05, 0.1) is 16.5 Å². The molecule has 1 N–H and O–H groups in total. The van der Waals surface area contributed by atoms with Gasteiger partial charge in [0.1, 0.15) is 6.54 Å². The Kier molecular flexibility index (Phi) is 6.62. The fourth-order valence-electron chi connectivity index (χ4n) is 4.41. The monoisotopic (exact) mass is 506 g/mol. The van der Waals surface area contributed by atoms with Gasteiger partial charge in [0.2, 0.25) is 5.91 Å². The number of nitrogens with zero attached hydrogens (tertiary/aromatic N) is 3. The topological polar surface area (TPSA) is 95.2 Å². The van der Waals surface area contributed by atoms with Crippen LogP contribution in [0.3, 0.4) is 0 Å². The van der Waals surface area contributed by atoms with E-state index in [0.29, 0.717) is 17.8 Å². The lowest BCUT2D eigenvalue weighted by Gasteiger charge is -2.12. The number of imide groups is 1. The van der Waals surface area contributed by atoms with Crippen LogP contribution in [0.15, 0.2) is 83.8 Å². The number of amides is 3. The van der Waals surface area contributed by atoms with Gasteiger partial charge < -0.3 is 9.88 Å². The fourth-order valence-corrected chi connectivity index (χ4v) is 5.23. The number of hydrogen-bond acceptors (Lipinski definition) is 5. The highest BCUT2D eigenvalue weighted by Crippen LogP contribution is 2.36. The number of nitrogens with one attached hydrogen (secondary N) is 1. The lowest BCUT2D eigenvalue weighted by atomic mass is 10.1. The quantitative estimate of drug-likeness (QED) is 0.346. The first-order valence-electron chi connectivity index (χ1n) is 11.6. The Morgan fingerprint density at radius 1 is 1.00 bits per heavy atom. The Hall–Kier alpha value is -4.61. The highest BCUT2D eigenvalue weighted by atomic mass is 32.2. The van der Waals surface area contributed by atoms with E-state index in [1.807, 2.05) is 55.5 Å². The van der Waals surface area contributed by atoms with Gasteiger partial charge >= 0.3 is 0 Å². The van der Waals surface area contributed by atoms with Crippen LogP contribution in [0, 0.1) is 18.3 Å². The molecule has 3 amide bonds. The molecule has 182 valence electrons. The summed E-state index contributed by atoms with van der Waals surface area (Å²) in [5.41, 5.74) is 4.78. The minimum atomic E-state index is -0.496. The minimum absolute atomic E-state index is 0.265. The van der Waals surface area contributed by atoms with E-state index in [0.717, 1.165) is 44.4 Å². The van der Waals surface area contributed by atoms with Gasteiger partial charge in [-0.3, -0.25) is 19.3 Å². The summed E-state index contributed by atoms with van der Waals surface area (Å²) in [6.07, 6.45) is 1.73. The molecular weight excluding hydrogens is 484 g/mol. The van der Waals surface area contributed by atoms with Crippen molar-refractivity contribution in [1.82, 2.24) is 9.47 Å². The van der Waals surface area contributed by atoms with Crippen LogP contribution in [-0.4, -0.2) is 33.1 Å². The van der Waals surface area contributed by atoms with Crippen molar-refractivity contribution in [2.75, 3.05) is 11.9 Å². The number of carbonyl (C=O) groups excluding carboxylic acids is 3. The van der Waals surface area contributed by atoms with Crippen LogP contribution in [0.4, 0.5) is 10.5 Å². The lowest BCUT2D eigenvalue weighted by Crippen LogP contribution is -2.36. The number of nitriles is 1. The normalized spacial score (nSPS) is 14.4. The van der Waals surface area contributed by atoms with Crippen molar-refractivity contribution in [2.24, 2.45) is 0 Å². The van der Waals surface area contributed by atoms with Crippen LogP contribution < -0.4 is 5.32 Å². The zero-order valence-corrected chi connectivity index (χ0v) is 20.8. The first-order valence-corrected chi connectivity index (χ1v) is 12.4. The molecule has 1 aliphatic heterocycles. The van der Waals surface area contributed by atoms with Crippen molar-refractivity contribution in [1.29, 1.82) is 5.26 Å². The predicted molar refractivity (Wildman–Crippen MR) is 145 cm³/mol. The molecule has 0 unspecified atom stereocenters. The molecule has 4 aromatic rings. The van der Waals surface area contributed by atoms with Crippen LogP contribution in [-0.2, 0) is 16.1 Å². The van der Waals surface area contributed by atoms with E-state index < -0.39 is 17.1 Å². The second kappa shape index (κ2) is 10.2. The number of para-hydroxylation sites is 2. The summed E-state index contributed by atoms with van der Waals surface area (Å²) in [5, 5.41) is 12.7. The van der Waals surface area contributed by atoms with E-state index >= 15 is 0 Å². The van der Waals surface area contributed by atoms with Gasteiger partial charge in [-0.05, 0) is 54.6 Å². The molecule has 0 aliphatic carbocycles. The summed E-state index contributed by atoms with van der Waals surface area (Å²) < 4.78 is 2.11. The molecule has 0 atom stereocenters. The predicted octanol–water partition coefficient (Wildman–Crippen LogP) is 5.54. The third-order valence-corrected chi connectivity index (χ3v) is 7.16. The maximum Gasteiger partial charge on any atom is 0.294 e. The summed E-state index contributed by atoms with van der Waals surface area (Å²) in [4.78, 5) is 39.5. The Morgan fingerprint density at radius 3 is 2.49 bits per heavy atom. The average molecular weight is 507 g/mol. The molecular formula is C29H22N4O3S. The average Bonchev–Trinajstić information content (AvgIpc) is 3.32. The second-order valence-electron chi connectivity index (χ2n) is 8.55. The van der Waals surface area contributed by atoms with Crippen molar-refractivity contribution in [3.8, 4) is 6.07 Å². The number of carbonyl (C=O) groups is 3. The van der Waals surface area contributed by atoms with E-state index in [1.54, 1.807) is 36.4 Å². The van der Waals surface area contributed by atoms with E-state index in [1.165, 1.54) is 0 Å². The molecule has 1 fully saturated rings. The van der Waals surface area contributed by atoms with Crippen LogP contribution in [0.1, 0.15) is 22.4 Å². The molecule has 0 spiro atoms. The third kappa shape index (κ3) is 4.77. The van der Waals surface area contributed by atoms with Gasteiger partial charge in [-0.15, -0.1) is 0 Å². The Bertz CT molecular complexity index is 1620. The number of hydrogen-bond donors (Lipinski definition) is 1. The molecule has 1 aromatic heterocycles. The highest BCUT2D eigenvalue weighted by molar-refractivity contribution is 8.18. The van der Waals surface area contributed by atoms with Crippen LogP contribution in [0.25, 0.3) is 17.0 Å². The van der Waals surface area contributed by atoms with Gasteiger partial charge in [-0.2, -0.15) is 5.26 Å². The SMILES string of the molecule is Cc1c(/C=C2\SC(=O)N(CC(=O)Nc3ccccc3)C2=O)c2ccccc2n1Cc1ccccc1C#N. The largest absolute Gasteiger partial charge is 0.340 e. The van der Waals surface area contributed by atoms with E-state index in [2.05, 4.69) is 16.0 Å². The highest BCUT2D eigenvalue weighted by Gasteiger charge is 2.36. The van der Waals surface area contributed by atoms with E-state index in [9.17, 15) is 19.6 Å². The van der Waals surface area contributed by atoms with Gasteiger partial charge in [0, 0.05) is 34.4 Å². The third-order valence-electron chi connectivity index (χ3n) is 6.25. The zero-order chi connectivity index (χ0) is 25.9. The first kappa shape index (κ1) is 24.1. The van der Waals surface area contributed by atoms with Crippen molar-refractivity contribution in [2.45, 2.75) is 13.5 Å². The summed E-state index contributed by atoms with van der Waals surface area (Å²) in [6.45, 7) is 2.09. The Morgan fingerprint density at radius 2 is 1.70 bits per heavy atom. The van der Waals surface area contributed by atoms with E-state index in [4.69, 9.17) is 0 Å². The van der Waals surface area contributed by atoms with Crippen LogP contribution in [0.2, 0.25) is 0 Å². The maximum absolute atomic E-state index is 13.1. The molecule has 5 rings (SSSR count). The molecule has 0 bridgehead atoms. The summed E-state index contributed by atoms with van der Waals surface area (Å²) in [5.74, 6) is -0.942. The summed E-state index contributed by atoms with van der Waals surface area (Å²) >= 11 is 0.828. The number of rotatable bonds is 6. The number of benzene rings is 3. The molecule has 7 nitrogen and oxygen atoms in total. The second-order valence-corrected chi connectivity index (χ2v) is 9.55. The molecule has 1 aliphatic rings. The van der Waals surface area contributed by atoms with Crippen LogP contribution >= 0.6 is 11.8 Å². The van der Waals surface area contributed by atoms with E-state index in [-0.39, 0.29) is 11.4 Å². The molecule has 8 heteroatoms. The van der Waals surface area contributed by atoms with Crippen molar-refractivity contribution >= 4 is 51.5 Å². The Labute approximate surface area is 218 Å². The number of thioether (sulfide) groups is 1. The zero-order valence-electron chi connectivity index (χ0n) is 20.0. The Balaban J connectivity index is 1.45. The molecule has 3 aromatic carbocycles. The number of aromatic nitrogens is 1. The number of fused-ring (bicyclic) bond motifs is 1. The van der Waals surface area contributed by atoms with Gasteiger partial charge in [0.25, 0.3) is 11.1 Å². The first-order chi connectivity index (χ1) is 18.0. The van der Waals surface area contributed by atoms with Gasteiger partial charge in [-0.25, -0.2) is 0 Å². The van der Waals surface area contributed by atoms with Crippen molar-refractivity contribution in [3.05, 3.63) is 106 Å². The standard InChI is InChI=1S/C29H22N4O3S/c1-19-24(23-13-7-8-14-25(23)32(19)17-21-10-6-5-9-20(21)16-30)15-26-28(35)33(29(36)37-26)18-27(34)31-22-11-3-2-4-12-22/h2-15H,17-18H2,1H3,(H,31,34)/b26-15-. The minimum Gasteiger partial charge on any atom is -0.340 e. The number of anilines is 1. The molecule has 0 saturated carbocycles. The molecule has 2 heterocycles. The molecule has 1 saturated heterocycles. The van der Waals surface area contributed by atoms with Crippen molar-refractivity contribution < 1.29 is 14.4 Å². The molecule has 37 heavy (non-hydrogen) atoms. The maximum atomic E-state index is 13.1.